The predicted molar refractivity (Wildman–Crippen MR) is 75.7 cm³/mol. The fourth-order valence-corrected chi connectivity index (χ4v) is 1.94. The van der Waals surface area contributed by atoms with Crippen LogP contribution < -0.4 is 4.74 Å². The highest BCUT2D eigenvalue weighted by atomic mass is 19.4. The lowest BCUT2D eigenvalue weighted by molar-refractivity contribution is -0.141. The first-order valence-corrected chi connectivity index (χ1v) is 6.94. The largest absolute Gasteiger partial charge is 0.494 e. The van der Waals surface area contributed by atoms with Crippen LogP contribution in [0.4, 0.5) is 13.2 Å². The molecule has 1 aromatic carbocycles. The first kappa shape index (κ1) is 16.9. The standard InChI is InChI=1S/C15H15F3N2O3/c1-3-22-11-7-5-10(6-8-11)20-9-12(14(21)23-4-2)13(19-20)15(16,17)18/h5-9H,3-4H2,1-2H3. The summed E-state index contributed by atoms with van der Waals surface area (Å²) in [7, 11) is 0. The molecule has 8 heteroatoms. The van der Waals surface area contributed by atoms with Crippen LogP contribution in [0.3, 0.4) is 0 Å². The van der Waals surface area contributed by atoms with Crippen LogP contribution in [0.5, 0.6) is 5.75 Å². The minimum atomic E-state index is -4.75. The van der Waals surface area contributed by atoms with Crippen LogP contribution in [0.25, 0.3) is 5.69 Å². The highest BCUT2D eigenvalue weighted by Crippen LogP contribution is 2.32. The lowest BCUT2D eigenvalue weighted by atomic mass is 10.2. The summed E-state index contributed by atoms with van der Waals surface area (Å²) >= 11 is 0. The number of nitrogens with zero attached hydrogens (tertiary/aromatic N) is 2. The van der Waals surface area contributed by atoms with Crippen molar-refractivity contribution in [2.75, 3.05) is 13.2 Å². The average Bonchev–Trinajstić information content (AvgIpc) is 2.94. The summed E-state index contributed by atoms with van der Waals surface area (Å²) in [5.74, 6) is -0.470. The molecule has 0 spiro atoms. The Balaban J connectivity index is 2.41. The number of carbonyl (C=O) groups is 1. The second-order valence-electron chi connectivity index (χ2n) is 4.48. The van der Waals surface area contributed by atoms with Crippen LogP contribution in [0.1, 0.15) is 29.9 Å². The highest BCUT2D eigenvalue weighted by molar-refractivity contribution is 5.90. The van der Waals surface area contributed by atoms with Crippen LogP contribution in [0.2, 0.25) is 0 Å². The molecule has 0 fully saturated rings. The van der Waals surface area contributed by atoms with E-state index in [1.807, 2.05) is 6.92 Å². The molecule has 1 heterocycles. The molecule has 0 N–H and O–H groups in total. The Labute approximate surface area is 130 Å². The van der Waals surface area contributed by atoms with E-state index >= 15 is 0 Å². The van der Waals surface area contributed by atoms with Gasteiger partial charge < -0.3 is 9.47 Å². The Kier molecular flexibility index (Phi) is 4.92. The number of benzene rings is 1. The average molecular weight is 328 g/mol. The third kappa shape index (κ3) is 3.82. The summed E-state index contributed by atoms with van der Waals surface area (Å²) in [5.41, 5.74) is -1.52. The van der Waals surface area contributed by atoms with Gasteiger partial charge in [-0.2, -0.15) is 18.3 Å². The van der Waals surface area contributed by atoms with Gasteiger partial charge in [-0.25, -0.2) is 9.48 Å². The summed E-state index contributed by atoms with van der Waals surface area (Å²) in [5, 5.41) is 3.48. The molecule has 0 aliphatic heterocycles. The zero-order valence-electron chi connectivity index (χ0n) is 12.6. The fraction of sp³-hybridized carbons (Fsp3) is 0.333. The van der Waals surface area contributed by atoms with Gasteiger partial charge in [0.2, 0.25) is 0 Å². The zero-order chi connectivity index (χ0) is 17.0. The maximum atomic E-state index is 13.0. The first-order chi connectivity index (χ1) is 10.9. The maximum Gasteiger partial charge on any atom is 0.436 e. The number of rotatable bonds is 5. The molecule has 1 aromatic heterocycles. The lowest BCUT2D eigenvalue weighted by Crippen LogP contribution is -2.14. The van der Waals surface area contributed by atoms with E-state index in [1.54, 1.807) is 24.3 Å². The third-order valence-corrected chi connectivity index (χ3v) is 2.89. The number of ether oxygens (including phenoxy) is 2. The molecular weight excluding hydrogens is 313 g/mol. The van der Waals surface area contributed by atoms with Crippen molar-refractivity contribution in [3.63, 3.8) is 0 Å². The van der Waals surface area contributed by atoms with Gasteiger partial charge in [-0.1, -0.05) is 0 Å². The van der Waals surface area contributed by atoms with Crippen molar-refractivity contribution in [1.82, 2.24) is 9.78 Å². The minimum absolute atomic E-state index is 0.0234. The van der Waals surface area contributed by atoms with Crippen molar-refractivity contribution in [1.29, 1.82) is 0 Å². The number of halogens is 3. The topological polar surface area (TPSA) is 53.4 Å². The molecule has 23 heavy (non-hydrogen) atoms. The Morgan fingerprint density at radius 1 is 1.17 bits per heavy atom. The maximum absolute atomic E-state index is 13.0. The van der Waals surface area contributed by atoms with Gasteiger partial charge in [0.05, 0.1) is 18.9 Å². The van der Waals surface area contributed by atoms with Crippen LogP contribution in [0, 0.1) is 0 Å². The fourth-order valence-electron chi connectivity index (χ4n) is 1.94. The molecule has 5 nitrogen and oxygen atoms in total. The van der Waals surface area contributed by atoms with E-state index < -0.39 is 23.4 Å². The van der Waals surface area contributed by atoms with E-state index in [0.717, 1.165) is 10.9 Å². The molecule has 0 atom stereocenters. The molecule has 0 aliphatic rings. The predicted octanol–water partition coefficient (Wildman–Crippen LogP) is 3.47. The molecule has 0 radical (unpaired) electrons. The number of hydrogen-bond acceptors (Lipinski definition) is 4. The van der Waals surface area contributed by atoms with Gasteiger partial charge in [0.15, 0.2) is 5.69 Å². The van der Waals surface area contributed by atoms with Crippen molar-refractivity contribution >= 4 is 5.97 Å². The van der Waals surface area contributed by atoms with Crippen molar-refractivity contribution in [3.8, 4) is 11.4 Å². The number of carbonyl (C=O) groups excluding carboxylic acids is 1. The van der Waals surface area contributed by atoms with Gasteiger partial charge in [-0.15, -0.1) is 0 Å². The molecule has 0 saturated heterocycles. The number of alkyl halides is 3. The molecule has 0 aliphatic carbocycles. The van der Waals surface area contributed by atoms with E-state index in [-0.39, 0.29) is 6.61 Å². The highest BCUT2D eigenvalue weighted by Gasteiger charge is 2.39. The van der Waals surface area contributed by atoms with E-state index in [2.05, 4.69) is 9.84 Å². The zero-order valence-corrected chi connectivity index (χ0v) is 12.6. The second kappa shape index (κ2) is 6.72. The normalized spacial score (nSPS) is 11.3. The lowest BCUT2D eigenvalue weighted by Gasteiger charge is -2.05. The Hall–Kier alpha value is -2.51. The summed E-state index contributed by atoms with van der Waals surface area (Å²) in [6, 6.07) is 6.32. The smallest absolute Gasteiger partial charge is 0.436 e. The van der Waals surface area contributed by atoms with Gasteiger partial charge in [0, 0.05) is 6.20 Å². The van der Waals surface area contributed by atoms with Gasteiger partial charge in [0.25, 0.3) is 0 Å². The van der Waals surface area contributed by atoms with Crippen LogP contribution in [-0.2, 0) is 10.9 Å². The molecule has 2 aromatic rings. The SMILES string of the molecule is CCOC(=O)c1cn(-c2ccc(OCC)cc2)nc1C(F)(F)F. The third-order valence-electron chi connectivity index (χ3n) is 2.89. The van der Waals surface area contributed by atoms with E-state index in [1.165, 1.54) is 6.92 Å². The Morgan fingerprint density at radius 3 is 2.35 bits per heavy atom. The monoisotopic (exact) mass is 328 g/mol. The molecule has 2 rings (SSSR count). The van der Waals surface area contributed by atoms with Gasteiger partial charge in [-0.3, -0.25) is 0 Å². The molecule has 124 valence electrons. The molecule has 0 saturated carbocycles. The van der Waals surface area contributed by atoms with Crippen LogP contribution in [0.15, 0.2) is 30.5 Å². The van der Waals surface area contributed by atoms with E-state index in [4.69, 9.17) is 4.74 Å². The second-order valence-corrected chi connectivity index (χ2v) is 4.48. The molecule has 0 amide bonds. The van der Waals surface area contributed by atoms with Crippen molar-refractivity contribution in [2.45, 2.75) is 20.0 Å². The number of hydrogen-bond donors (Lipinski definition) is 0. The number of aromatic nitrogens is 2. The molecule has 0 bridgehead atoms. The van der Waals surface area contributed by atoms with Gasteiger partial charge in [0.1, 0.15) is 11.3 Å². The van der Waals surface area contributed by atoms with Crippen molar-refractivity contribution < 1.29 is 27.4 Å². The number of esters is 1. The van der Waals surface area contributed by atoms with Crippen LogP contribution in [-0.4, -0.2) is 29.0 Å². The molecule has 0 unspecified atom stereocenters. The van der Waals surface area contributed by atoms with Crippen molar-refractivity contribution in [3.05, 3.63) is 41.7 Å². The summed E-state index contributed by atoms with van der Waals surface area (Å²) in [4.78, 5) is 11.7. The summed E-state index contributed by atoms with van der Waals surface area (Å²) in [6.07, 6.45) is -3.74. The minimum Gasteiger partial charge on any atom is -0.494 e. The van der Waals surface area contributed by atoms with E-state index in [9.17, 15) is 18.0 Å². The molecular formula is C15H15F3N2O3. The Morgan fingerprint density at radius 2 is 1.83 bits per heavy atom. The van der Waals surface area contributed by atoms with Crippen molar-refractivity contribution in [2.24, 2.45) is 0 Å². The van der Waals surface area contributed by atoms with E-state index in [0.29, 0.717) is 18.0 Å². The quantitative estimate of drug-likeness (QED) is 0.789. The van der Waals surface area contributed by atoms with Gasteiger partial charge >= 0.3 is 12.1 Å². The summed E-state index contributed by atoms with van der Waals surface area (Å²) in [6.45, 7) is 3.79. The summed E-state index contributed by atoms with van der Waals surface area (Å²) < 4.78 is 50.0. The first-order valence-electron chi connectivity index (χ1n) is 6.94. The Bertz CT molecular complexity index is 678. The van der Waals surface area contributed by atoms with Gasteiger partial charge in [-0.05, 0) is 38.1 Å². The van der Waals surface area contributed by atoms with Crippen LogP contribution >= 0.6 is 0 Å².